The van der Waals surface area contributed by atoms with Crippen LogP contribution in [0.3, 0.4) is 0 Å². The monoisotopic (exact) mass is 817 g/mol. The third-order valence-corrected chi connectivity index (χ3v) is 11.5. The molecule has 4 aromatic rings. The standard InChI is InChI=1S/C56H80O4/c1-7-13-19-25-27-33-45-39-47-48-40-46(34-28-26-20-14-8-2)54(58-36-30-22-16-10-4)42-50(48)52-44-56(60-38-32-24-18-12-6)55(59-37-31-23-17-11-5)43-51(52)49(47)41-53(45)57-35-29-21-15-9-3/h39-44H,7-26,29-32,35-38H2,1-6H3. The van der Waals surface area contributed by atoms with Gasteiger partial charge in [-0.15, -0.1) is 0 Å². The Kier molecular flexibility index (Phi) is 23.7. The molecule has 0 spiro atoms. The number of rotatable bonds is 30. The van der Waals surface area contributed by atoms with Crippen LogP contribution in [-0.4, -0.2) is 26.4 Å². The number of hydrogen-bond donors (Lipinski definition) is 0. The topological polar surface area (TPSA) is 36.9 Å². The molecule has 0 aliphatic carbocycles. The summed E-state index contributed by atoms with van der Waals surface area (Å²) in [6, 6.07) is 13.6. The molecule has 0 aromatic heterocycles. The number of fused-ring (bicyclic) bond motifs is 6. The fourth-order valence-electron chi connectivity index (χ4n) is 7.80. The second kappa shape index (κ2) is 29.3. The van der Waals surface area contributed by atoms with Crippen LogP contribution in [-0.2, 0) is 0 Å². The second-order valence-electron chi connectivity index (χ2n) is 16.8. The quantitative estimate of drug-likeness (QED) is 0.0298. The predicted molar refractivity (Wildman–Crippen MR) is 260 cm³/mol. The molecule has 4 aromatic carbocycles. The maximum absolute atomic E-state index is 6.67. The Balaban J connectivity index is 2.01. The first-order valence-corrected chi connectivity index (χ1v) is 24.6. The van der Waals surface area contributed by atoms with Crippen LogP contribution in [0.15, 0.2) is 36.4 Å². The van der Waals surface area contributed by atoms with E-state index in [2.05, 4.69) is 102 Å². The molecule has 4 heteroatoms. The molecule has 0 aliphatic heterocycles. The smallest absolute Gasteiger partial charge is 0.161 e. The molecule has 4 nitrogen and oxygen atoms in total. The Labute approximate surface area is 366 Å². The minimum Gasteiger partial charge on any atom is -0.492 e. The van der Waals surface area contributed by atoms with Gasteiger partial charge in [0.25, 0.3) is 0 Å². The van der Waals surface area contributed by atoms with Crippen molar-refractivity contribution in [3.63, 3.8) is 0 Å². The molecule has 0 radical (unpaired) electrons. The Bertz CT molecular complexity index is 1830. The molecule has 0 saturated carbocycles. The second-order valence-corrected chi connectivity index (χ2v) is 16.8. The zero-order valence-electron chi connectivity index (χ0n) is 38.9. The highest BCUT2D eigenvalue weighted by atomic mass is 16.5. The van der Waals surface area contributed by atoms with Gasteiger partial charge in [0.1, 0.15) is 11.5 Å². The van der Waals surface area contributed by atoms with Gasteiger partial charge in [0.15, 0.2) is 11.5 Å². The summed E-state index contributed by atoms with van der Waals surface area (Å²) >= 11 is 0. The highest BCUT2D eigenvalue weighted by molar-refractivity contribution is 6.26. The summed E-state index contributed by atoms with van der Waals surface area (Å²) in [5.74, 6) is 17.6. The van der Waals surface area contributed by atoms with Crippen molar-refractivity contribution in [1.29, 1.82) is 0 Å². The van der Waals surface area contributed by atoms with E-state index in [4.69, 9.17) is 18.9 Å². The highest BCUT2D eigenvalue weighted by Crippen LogP contribution is 2.44. The summed E-state index contributed by atoms with van der Waals surface area (Å²) in [6.07, 6.45) is 27.2. The lowest BCUT2D eigenvalue weighted by molar-refractivity contribution is 0.259. The van der Waals surface area contributed by atoms with E-state index in [-0.39, 0.29) is 0 Å². The van der Waals surface area contributed by atoms with Gasteiger partial charge in [-0.1, -0.05) is 168 Å². The van der Waals surface area contributed by atoms with Crippen molar-refractivity contribution in [2.45, 2.75) is 196 Å². The van der Waals surface area contributed by atoms with E-state index in [0.29, 0.717) is 26.4 Å². The molecule has 0 fully saturated rings. The Morgan fingerprint density at radius 1 is 0.300 bits per heavy atom. The van der Waals surface area contributed by atoms with Gasteiger partial charge >= 0.3 is 0 Å². The van der Waals surface area contributed by atoms with Crippen molar-refractivity contribution >= 4 is 32.3 Å². The van der Waals surface area contributed by atoms with Crippen molar-refractivity contribution < 1.29 is 18.9 Å². The van der Waals surface area contributed by atoms with E-state index >= 15 is 0 Å². The van der Waals surface area contributed by atoms with E-state index in [0.717, 1.165) is 131 Å². The molecule has 0 saturated heterocycles. The number of benzene rings is 4. The summed E-state index contributed by atoms with van der Waals surface area (Å²) in [6.45, 7) is 16.2. The molecule has 0 amide bonds. The molecule has 0 N–H and O–H groups in total. The molecule has 60 heavy (non-hydrogen) atoms. The van der Waals surface area contributed by atoms with Gasteiger partial charge in [0, 0.05) is 12.8 Å². The zero-order chi connectivity index (χ0) is 42.6. The molecule has 328 valence electrons. The van der Waals surface area contributed by atoms with Crippen LogP contribution < -0.4 is 18.9 Å². The average molecular weight is 817 g/mol. The van der Waals surface area contributed by atoms with Gasteiger partial charge in [-0.2, -0.15) is 0 Å². The van der Waals surface area contributed by atoms with Crippen molar-refractivity contribution in [3.8, 4) is 46.7 Å². The lowest BCUT2D eigenvalue weighted by Gasteiger charge is -2.19. The fraction of sp³-hybridized carbons (Fsp3) is 0.607. The highest BCUT2D eigenvalue weighted by Gasteiger charge is 2.19. The third kappa shape index (κ3) is 15.8. The molecule has 0 aliphatic rings. The van der Waals surface area contributed by atoms with Crippen LogP contribution in [0.1, 0.15) is 207 Å². The van der Waals surface area contributed by atoms with E-state index in [1.54, 1.807) is 0 Å². The minimum atomic E-state index is 0.670. The van der Waals surface area contributed by atoms with Crippen LogP contribution in [0, 0.1) is 23.7 Å². The molecular formula is C56H80O4. The van der Waals surface area contributed by atoms with Crippen molar-refractivity contribution in [1.82, 2.24) is 0 Å². The van der Waals surface area contributed by atoms with Crippen molar-refractivity contribution in [2.24, 2.45) is 0 Å². The summed E-state index contributed by atoms with van der Waals surface area (Å²) < 4.78 is 26.6. The van der Waals surface area contributed by atoms with E-state index in [9.17, 15) is 0 Å². The summed E-state index contributed by atoms with van der Waals surface area (Å²) in [7, 11) is 0. The first-order chi connectivity index (χ1) is 29.6. The zero-order valence-corrected chi connectivity index (χ0v) is 38.9. The Morgan fingerprint density at radius 2 is 0.567 bits per heavy atom. The van der Waals surface area contributed by atoms with Crippen LogP contribution in [0.2, 0.25) is 0 Å². The number of unbranched alkanes of at least 4 members (excludes halogenated alkanes) is 18. The fourth-order valence-corrected chi connectivity index (χ4v) is 7.80. The molecule has 0 bridgehead atoms. The number of hydrogen-bond acceptors (Lipinski definition) is 4. The van der Waals surface area contributed by atoms with E-state index in [1.807, 2.05) is 0 Å². The van der Waals surface area contributed by atoms with Gasteiger partial charge in [-0.05, 0) is 107 Å². The van der Waals surface area contributed by atoms with E-state index < -0.39 is 0 Å². The molecule has 0 unspecified atom stereocenters. The molecular weight excluding hydrogens is 737 g/mol. The molecule has 4 rings (SSSR count). The largest absolute Gasteiger partial charge is 0.492 e. The van der Waals surface area contributed by atoms with Gasteiger partial charge in [-0.25, -0.2) is 0 Å². The van der Waals surface area contributed by atoms with Crippen molar-refractivity contribution in [2.75, 3.05) is 26.4 Å². The van der Waals surface area contributed by atoms with Gasteiger partial charge in [0.2, 0.25) is 0 Å². The first kappa shape index (κ1) is 48.6. The maximum atomic E-state index is 6.67. The molecule has 0 heterocycles. The van der Waals surface area contributed by atoms with Crippen LogP contribution in [0.4, 0.5) is 0 Å². The summed E-state index contributed by atoms with van der Waals surface area (Å²) in [4.78, 5) is 0. The van der Waals surface area contributed by atoms with Gasteiger partial charge in [-0.3, -0.25) is 0 Å². The first-order valence-electron chi connectivity index (χ1n) is 24.6. The minimum absolute atomic E-state index is 0.670. The van der Waals surface area contributed by atoms with Gasteiger partial charge < -0.3 is 18.9 Å². The predicted octanol–water partition coefficient (Wildman–Crippen LogP) is 16.8. The summed E-state index contributed by atoms with van der Waals surface area (Å²) in [5.41, 5.74) is 1.91. The molecule has 0 atom stereocenters. The van der Waals surface area contributed by atoms with Crippen LogP contribution in [0.25, 0.3) is 32.3 Å². The normalized spacial score (nSPS) is 11.1. The number of ether oxygens (including phenoxy) is 4. The van der Waals surface area contributed by atoms with E-state index in [1.165, 1.54) is 89.9 Å². The van der Waals surface area contributed by atoms with Crippen LogP contribution >= 0.6 is 0 Å². The maximum Gasteiger partial charge on any atom is 0.161 e. The Morgan fingerprint density at radius 3 is 0.883 bits per heavy atom. The van der Waals surface area contributed by atoms with Gasteiger partial charge in [0.05, 0.1) is 37.6 Å². The average Bonchev–Trinajstić information content (AvgIpc) is 3.26. The lowest BCUT2D eigenvalue weighted by Crippen LogP contribution is -2.04. The SMILES string of the molecule is CCCCCC#Cc1cc2c3cc(C#CCCCCC)c(OCCCCCC)cc3c3cc(OCCCCCC)c(OCCCCCC)cc3c2cc1OCCCCCC. The van der Waals surface area contributed by atoms with Crippen molar-refractivity contribution in [3.05, 3.63) is 47.5 Å². The lowest BCUT2D eigenvalue weighted by atomic mass is 9.91. The third-order valence-electron chi connectivity index (χ3n) is 11.5. The summed E-state index contributed by atoms with van der Waals surface area (Å²) in [5, 5.41) is 6.84. The Hall–Kier alpha value is -4.02. The van der Waals surface area contributed by atoms with Crippen LogP contribution in [0.5, 0.6) is 23.0 Å².